The zero-order valence-corrected chi connectivity index (χ0v) is 13.5. The van der Waals surface area contributed by atoms with Crippen LogP contribution in [-0.4, -0.2) is 38.9 Å². The van der Waals surface area contributed by atoms with Gasteiger partial charge in [-0.2, -0.15) is 5.10 Å². The Hall–Kier alpha value is -1.67. The van der Waals surface area contributed by atoms with Crippen LogP contribution in [-0.2, 0) is 21.8 Å². The van der Waals surface area contributed by atoms with Gasteiger partial charge in [-0.3, -0.25) is 0 Å². The normalized spacial score (nSPS) is 24.5. The first-order chi connectivity index (χ1) is 11.1. The summed E-state index contributed by atoms with van der Waals surface area (Å²) in [7, 11) is 0. The van der Waals surface area contributed by atoms with E-state index in [9.17, 15) is 0 Å². The number of rotatable bonds is 5. The van der Waals surface area contributed by atoms with E-state index in [4.69, 9.17) is 37.9 Å². The molecule has 122 valence electrons. The van der Waals surface area contributed by atoms with Crippen molar-refractivity contribution >= 4 is 29.4 Å². The zero-order chi connectivity index (χ0) is 16.3. The highest BCUT2D eigenvalue weighted by molar-refractivity contribution is 6.35. The Bertz CT molecular complexity index is 695. The average molecular weight is 357 g/mol. The van der Waals surface area contributed by atoms with Gasteiger partial charge in [0.05, 0.1) is 17.7 Å². The zero-order valence-electron chi connectivity index (χ0n) is 12.0. The summed E-state index contributed by atoms with van der Waals surface area (Å²) >= 11 is 12.3. The highest BCUT2D eigenvalue weighted by Crippen LogP contribution is 2.40. The topological polar surface area (TPSA) is 81.8 Å². The van der Waals surface area contributed by atoms with Gasteiger partial charge in [0.2, 0.25) is 5.79 Å². The number of hydrogen-bond donors (Lipinski definition) is 1. The summed E-state index contributed by atoms with van der Waals surface area (Å²) in [5.74, 6) is -1.11. The maximum absolute atomic E-state index is 8.57. The van der Waals surface area contributed by atoms with E-state index < -0.39 is 5.79 Å². The fourth-order valence-electron chi connectivity index (χ4n) is 2.48. The van der Waals surface area contributed by atoms with Crippen molar-refractivity contribution in [3.05, 3.63) is 46.5 Å². The highest BCUT2D eigenvalue weighted by Gasteiger charge is 2.45. The van der Waals surface area contributed by atoms with Gasteiger partial charge in [-0.25, -0.2) is 9.67 Å². The fraction of sp³-hybridized carbons (Fsp3) is 0.357. The van der Waals surface area contributed by atoms with Gasteiger partial charge in [0.25, 0.3) is 0 Å². The van der Waals surface area contributed by atoms with Gasteiger partial charge in [0.15, 0.2) is 0 Å². The molecule has 7 nitrogen and oxygen atoms in total. The van der Waals surface area contributed by atoms with Crippen LogP contribution in [0.25, 0.3) is 0 Å². The molecule has 2 heterocycles. The van der Waals surface area contributed by atoms with Crippen molar-refractivity contribution in [2.75, 3.05) is 6.61 Å². The predicted octanol–water partition coefficient (Wildman–Crippen LogP) is 2.70. The van der Waals surface area contributed by atoms with Crippen molar-refractivity contribution in [1.82, 2.24) is 14.8 Å². The predicted molar refractivity (Wildman–Crippen MR) is 83.9 cm³/mol. The SMILES string of the molecule is O/N=C/C[C@H]1CO[C@](Cn2cncn2)(c2ccc(Cl)cc2Cl)O1. The molecule has 1 saturated heterocycles. The van der Waals surface area contributed by atoms with Crippen molar-refractivity contribution < 1.29 is 14.7 Å². The van der Waals surface area contributed by atoms with Crippen LogP contribution in [0.3, 0.4) is 0 Å². The molecule has 3 rings (SSSR count). The number of ether oxygens (including phenoxy) is 2. The molecule has 0 amide bonds. The molecule has 0 unspecified atom stereocenters. The maximum Gasteiger partial charge on any atom is 0.217 e. The molecule has 1 fully saturated rings. The Balaban J connectivity index is 1.94. The maximum atomic E-state index is 8.57. The van der Waals surface area contributed by atoms with Crippen LogP contribution in [0.2, 0.25) is 10.0 Å². The third-order valence-corrected chi connectivity index (χ3v) is 4.04. The molecule has 0 aliphatic carbocycles. The molecule has 2 aromatic rings. The molecule has 23 heavy (non-hydrogen) atoms. The van der Waals surface area contributed by atoms with Crippen LogP contribution in [0.15, 0.2) is 36.0 Å². The number of hydrogen-bond acceptors (Lipinski definition) is 6. The smallest absolute Gasteiger partial charge is 0.217 e. The van der Waals surface area contributed by atoms with Gasteiger partial charge < -0.3 is 14.7 Å². The minimum absolute atomic E-state index is 0.263. The lowest BCUT2D eigenvalue weighted by molar-refractivity contribution is -0.187. The molecule has 0 spiro atoms. The number of nitrogens with zero attached hydrogens (tertiary/aromatic N) is 4. The molecule has 9 heteroatoms. The first-order valence-electron chi connectivity index (χ1n) is 6.88. The van der Waals surface area contributed by atoms with E-state index in [-0.39, 0.29) is 12.6 Å². The third-order valence-electron chi connectivity index (χ3n) is 3.49. The van der Waals surface area contributed by atoms with E-state index in [2.05, 4.69) is 15.2 Å². The minimum Gasteiger partial charge on any atom is -0.411 e. The lowest BCUT2D eigenvalue weighted by Crippen LogP contribution is -2.34. The number of halogens is 2. The van der Waals surface area contributed by atoms with Crippen LogP contribution in [0.5, 0.6) is 0 Å². The first kappa shape index (κ1) is 16.2. The van der Waals surface area contributed by atoms with E-state index in [1.54, 1.807) is 29.2 Å². The van der Waals surface area contributed by atoms with Crippen molar-refractivity contribution in [2.24, 2.45) is 5.16 Å². The largest absolute Gasteiger partial charge is 0.411 e. The molecular formula is C14H14Cl2N4O3. The molecule has 2 atom stereocenters. The first-order valence-corrected chi connectivity index (χ1v) is 7.64. The Morgan fingerprint density at radius 1 is 1.48 bits per heavy atom. The van der Waals surface area contributed by atoms with Gasteiger partial charge in [0, 0.05) is 23.2 Å². The quantitative estimate of drug-likeness (QED) is 0.506. The molecule has 1 aliphatic rings. The monoisotopic (exact) mass is 356 g/mol. The summed E-state index contributed by atoms with van der Waals surface area (Å²) in [6, 6.07) is 5.13. The number of benzene rings is 1. The Morgan fingerprint density at radius 2 is 2.35 bits per heavy atom. The van der Waals surface area contributed by atoms with Crippen molar-refractivity contribution in [2.45, 2.75) is 24.9 Å². The number of aromatic nitrogens is 3. The summed E-state index contributed by atoms with van der Waals surface area (Å²) in [5.41, 5.74) is 0.655. The summed E-state index contributed by atoms with van der Waals surface area (Å²) in [6.07, 6.45) is 4.52. The molecule has 0 saturated carbocycles. The summed E-state index contributed by atoms with van der Waals surface area (Å²) in [5, 5.41) is 16.6. The van der Waals surface area contributed by atoms with E-state index in [1.807, 2.05) is 0 Å². The summed E-state index contributed by atoms with van der Waals surface area (Å²) < 4.78 is 13.6. The van der Waals surface area contributed by atoms with Crippen LogP contribution in [0.1, 0.15) is 12.0 Å². The van der Waals surface area contributed by atoms with Gasteiger partial charge in [-0.05, 0) is 12.1 Å². The molecular weight excluding hydrogens is 343 g/mol. The second kappa shape index (κ2) is 6.84. The van der Waals surface area contributed by atoms with Crippen molar-refractivity contribution in [3.63, 3.8) is 0 Å². The summed E-state index contributed by atoms with van der Waals surface area (Å²) in [4.78, 5) is 3.93. The van der Waals surface area contributed by atoms with Crippen LogP contribution in [0, 0.1) is 0 Å². The van der Waals surface area contributed by atoms with E-state index in [0.29, 0.717) is 28.6 Å². The molecule has 0 bridgehead atoms. The van der Waals surface area contributed by atoms with Gasteiger partial charge in [0.1, 0.15) is 19.2 Å². The minimum atomic E-state index is -1.11. The summed E-state index contributed by atoms with van der Waals surface area (Å²) in [6.45, 7) is 0.612. The van der Waals surface area contributed by atoms with Crippen molar-refractivity contribution in [1.29, 1.82) is 0 Å². The molecule has 1 N–H and O–H groups in total. The Kier molecular flexibility index (Phi) is 4.82. The van der Waals surface area contributed by atoms with Crippen LogP contribution in [0.4, 0.5) is 0 Å². The number of oxime groups is 1. The van der Waals surface area contributed by atoms with Gasteiger partial charge in [-0.1, -0.05) is 29.3 Å². The van der Waals surface area contributed by atoms with Crippen LogP contribution >= 0.6 is 23.2 Å². The molecule has 1 aliphatic heterocycles. The average Bonchev–Trinajstić information content (AvgIpc) is 3.16. The van der Waals surface area contributed by atoms with Gasteiger partial charge >= 0.3 is 0 Å². The van der Waals surface area contributed by atoms with E-state index in [0.717, 1.165) is 0 Å². The van der Waals surface area contributed by atoms with Gasteiger partial charge in [-0.15, -0.1) is 5.16 Å². The molecule has 0 radical (unpaired) electrons. The Labute approximate surface area is 142 Å². The van der Waals surface area contributed by atoms with E-state index in [1.165, 1.54) is 12.5 Å². The fourth-order valence-corrected chi connectivity index (χ4v) is 3.03. The third kappa shape index (κ3) is 3.48. The molecule has 1 aromatic heterocycles. The van der Waals surface area contributed by atoms with Crippen LogP contribution < -0.4 is 0 Å². The standard InChI is InChI=1S/C14H14Cl2N4O3/c15-10-1-2-12(13(16)5-10)14(7-20-9-17-8-18-20)22-6-11(23-14)3-4-19-21/h1-2,4-5,8-9,11,21H,3,6-7H2/b19-4+/t11-,14-/m0/s1. The lowest BCUT2D eigenvalue weighted by atomic mass is 10.1. The lowest BCUT2D eigenvalue weighted by Gasteiger charge is -2.29. The molecule has 1 aromatic carbocycles. The highest BCUT2D eigenvalue weighted by atomic mass is 35.5. The second-order valence-electron chi connectivity index (χ2n) is 5.05. The second-order valence-corrected chi connectivity index (χ2v) is 5.90. The van der Waals surface area contributed by atoms with E-state index >= 15 is 0 Å². The Morgan fingerprint density at radius 3 is 3.04 bits per heavy atom. The van der Waals surface area contributed by atoms with Crippen molar-refractivity contribution in [3.8, 4) is 0 Å².